The van der Waals surface area contributed by atoms with Crippen LogP contribution in [0.5, 0.6) is 11.5 Å². The summed E-state index contributed by atoms with van der Waals surface area (Å²) in [5.41, 5.74) is 12.8. The standard InChI is InChI=1S/C34H30Cl3N3O3.C34H29Cl3N2O3/c1-43-25-15-9-21(10-16-25)19-39-20-28-27(26-5-2-3-6-29(26)35)17-23(22-11-13-24(38-42)14-12-22)18-32(28)40(34(39)41)33-30(36)7-4-8-31(33)37;1-42-25-15-9-21(10-16-25)19-38-20-28-27(26-5-2-3-6-29(26)35)17-23(22-11-13-24(40)14-12-22)18-32(28)39(34(38)41)33-30(36)7-4-8-31(33)37/h2-10,15-18,22,42H,11-14,19-20H2,1H3;2-10,15-18,22H,11-14,19-20H2,1H3. The van der Waals surface area contributed by atoms with Gasteiger partial charge in [0.25, 0.3) is 0 Å². The van der Waals surface area contributed by atoms with Crippen molar-refractivity contribution in [2.24, 2.45) is 5.16 Å². The molecule has 8 aromatic rings. The molecule has 2 aliphatic heterocycles. The first-order valence-electron chi connectivity index (χ1n) is 28.1. The number of carbonyl (C=O) groups excluding carboxylic acids is 3. The molecule has 12 rings (SSSR count). The summed E-state index contributed by atoms with van der Waals surface area (Å²) in [6.45, 7) is 1.47. The normalized spacial score (nSPS) is 16.2. The molecule has 0 saturated heterocycles. The molecular formula is C68H59Cl6N5O6. The second kappa shape index (κ2) is 26.2. The largest absolute Gasteiger partial charge is 0.497 e. The number of halogens is 6. The van der Waals surface area contributed by atoms with Gasteiger partial charge in [0.2, 0.25) is 0 Å². The summed E-state index contributed by atoms with van der Waals surface area (Å²) in [6.07, 6.45) is 5.75. The Balaban J connectivity index is 0.000000177. The second-order valence-electron chi connectivity index (χ2n) is 21.6. The topological polar surface area (TPSA) is 115 Å². The molecule has 17 heteroatoms. The molecule has 11 nitrogen and oxygen atoms in total. The van der Waals surface area contributed by atoms with Crippen LogP contribution in [-0.4, -0.2) is 52.8 Å². The maximum Gasteiger partial charge on any atom is 0.329 e. The number of methoxy groups -OCH3 is 2. The van der Waals surface area contributed by atoms with Gasteiger partial charge in [0.15, 0.2) is 0 Å². The number of para-hydroxylation sites is 2. The zero-order valence-corrected chi connectivity index (χ0v) is 51.2. The number of Topliss-reactive ketones (excluding diaryl/α,β-unsaturated/α-hetero) is 1. The molecule has 2 saturated carbocycles. The summed E-state index contributed by atoms with van der Waals surface area (Å²) in [6, 6.07) is 49.5. The van der Waals surface area contributed by atoms with Gasteiger partial charge in [0.05, 0.1) is 75.9 Å². The number of amides is 4. The van der Waals surface area contributed by atoms with E-state index in [1.165, 1.54) is 0 Å². The molecule has 0 bridgehead atoms. The van der Waals surface area contributed by atoms with E-state index in [2.05, 4.69) is 29.4 Å². The second-order valence-corrected chi connectivity index (χ2v) is 24.1. The van der Waals surface area contributed by atoms with Crippen LogP contribution < -0.4 is 19.3 Å². The van der Waals surface area contributed by atoms with E-state index < -0.39 is 0 Å². The number of anilines is 4. The van der Waals surface area contributed by atoms with Crippen molar-refractivity contribution >= 4 is 116 Å². The first-order chi connectivity index (χ1) is 41.2. The molecule has 2 fully saturated rings. The number of ether oxygens (including phenoxy) is 2. The fourth-order valence-corrected chi connectivity index (χ4v) is 13.7. The highest BCUT2D eigenvalue weighted by molar-refractivity contribution is 6.41. The van der Waals surface area contributed by atoms with E-state index in [-0.39, 0.29) is 23.9 Å². The predicted octanol–water partition coefficient (Wildman–Crippen LogP) is 19.9. The number of urea groups is 2. The number of oxime groups is 1. The highest BCUT2D eigenvalue weighted by atomic mass is 35.5. The number of hydrogen-bond acceptors (Lipinski definition) is 7. The molecule has 85 heavy (non-hydrogen) atoms. The number of hydrogen-bond donors (Lipinski definition) is 1. The van der Waals surface area contributed by atoms with Crippen LogP contribution in [0.3, 0.4) is 0 Å². The van der Waals surface area contributed by atoms with Gasteiger partial charge >= 0.3 is 12.1 Å². The van der Waals surface area contributed by atoms with Gasteiger partial charge in [-0.2, -0.15) is 0 Å². The first-order valence-corrected chi connectivity index (χ1v) is 30.3. The lowest BCUT2D eigenvalue weighted by molar-refractivity contribution is -0.120. The predicted molar refractivity (Wildman–Crippen MR) is 343 cm³/mol. The fourth-order valence-electron chi connectivity index (χ4n) is 12.1. The van der Waals surface area contributed by atoms with Crippen LogP contribution >= 0.6 is 69.6 Å². The summed E-state index contributed by atoms with van der Waals surface area (Å²) in [4.78, 5) is 47.8. The third-order valence-electron chi connectivity index (χ3n) is 16.5. The zero-order chi connectivity index (χ0) is 59.5. The van der Waals surface area contributed by atoms with Gasteiger partial charge in [0.1, 0.15) is 17.3 Å². The smallest absolute Gasteiger partial charge is 0.329 e. The number of benzene rings is 8. The number of rotatable bonds is 12. The Labute approximate surface area is 524 Å². The molecule has 0 atom stereocenters. The maximum absolute atomic E-state index is 14.4. The zero-order valence-electron chi connectivity index (χ0n) is 46.6. The van der Waals surface area contributed by atoms with Crippen molar-refractivity contribution in [3.63, 3.8) is 0 Å². The lowest BCUT2D eigenvalue weighted by Gasteiger charge is -2.40. The maximum atomic E-state index is 14.4. The molecule has 4 amide bonds. The third kappa shape index (κ3) is 12.6. The molecule has 0 unspecified atom stereocenters. The van der Waals surface area contributed by atoms with Crippen molar-refractivity contribution in [1.82, 2.24) is 9.80 Å². The van der Waals surface area contributed by atoms with Gasteiger partial charge in [0, 0.05) is 58.2 Å². The van der Waals surface area contributed by atoms with Crippen molar-refractivity contribution in [3.05, 3.63) is 221 Å². The van der Waals surface area contributed by atoms with Crippen molar-refractivity contribution in [2.45, 2.75) is 89.4 Å². The van der Waals surface area contributed by atoms with E-state index in [1.54, 1.807) is 70.2 Å². The molecule has 1 N–H and O–H groups in total. The summed E-state index contributed by atoms with van der Waals surface area (Å²) >= 11 is 40.7. The third-order valence-corrected chi connectivity index (χ3v) is 18.4. The van der Waals surface area contributed by atoms with Gasteiger partial charge < -0.3 is 24.5 Å². The monoisotopic (exact) mass is 1250 g/mol. The molecule has 0 radical (unpaired) electrons. The Hall–Kier alpha value is -7.22. The molecule has 2 aliphatic carbocycles. The molecule has 0 spiro atoms. The Morgan fingerprint density at radius 3 is 1.19 bits per heavy atom. The molecular weight excluding hydrogens is 1200 g/mol. The van der Waals surface area contributed by atoms with Crippen LogP contribution in [-0.2, 0) is 31.0 Å². The van der Waals surface area contributed by atoms with Gasteiger partial charge in [-0.3, -0.25) is 14.6 Å². The molecule has 434 valence electrons. The highest BCUT2D eigenvalue weighted by Crippen LogP contribution is 2.51. The Morgan fingerprint density at radius 1 is 0.459 bits per heavy atom. The van der Waals surface area contributed by atoms with Gasteiger partial charge in [-0.15, -0.1) is 0 Å². The fraction of sp³-hybridized carbons (Fsp3) is 0.235. The van der Waals surface area contributed by atoms with Crippen LogP contribution in [0.1, 0.15) is 96.6 Å². The quantitative estimate of drug-likeness (QED) is 0.0962. The van der Waals surface area contributed by atoms with Gasteiger partial charge in [-0.05, 0) is 157 Å². The van der Waals surface area contributed by atoms with Crippen LogP contribution in [0.2, 0.25) is 30.1 Å². The molecule has 2 heterocycles. The van der Waals surface area contributed by atoms with Gasteiger partial charge in [-0.1, -0.05) is 160 Å². The highest BCUT2D eigenvalue weighted by Gasteiger charge is 2.39. The van der Waals surface area contributed by atoms with Crippen LogP contribution in [0.25, 0.3) is 22.3 Å². The number of ketones is 1. The Morgan fingerprint density at radius 2 is 0.824 bits per heavy atom. The van der Waals surface area contributed by atoms with Gasteiger partial charge in [-0.25, -0.2) is 9.59 Å². The van der Waals surface area contributed by atoms with Crippen LogP contribution in [0, 0.1) is 0 Å². The van der Waals surface area contributed by atoms with Crippen molar-refractivity contribution < 1.29 is 29.1 Å². The minimum Gasteiger partial charge on any atom is -0.497 e. The van der Waals surface area contributed by atoms with Crippen LogP contribution in [0.15, 0.2) is 163 Å². The Kier molecular flexibility index (Phi) is 18.3. The minimum atomic E-state index is -0.227. The number of nitrogens with zero attached hydrogens (tertiary/aromatic N) is 5. The lowest BCUT2D eigenvalue weighted by Crippen LogP contribution is -2.44. The van der Waals surface area contributed by atoms with E-state index in [0.717, 1.165) is 110 Å². The lowest BCUT2D eigenvalue weighted by atomic mass is 9.80. The Bertz CT molecular complexity index is 3820. The summed E-state index contributed by atoms with van der Waals surface area (Å²) in [5.74, 6) is 2.19. The van der Waals surface area contributed by atoms with Crippen LogP contribution in [0.4, 0.5) is 32.3 Å². The number of carbonyl (C=O) groups is 3. The van der Waals surface area contributed by atoms with E-state index >= 15 is 0 Å². The molecule has 8 aromatic carbocycles. The summed E-state index contributed by atoms with van der Waals surface area (Å²) < 4.78 is 10.6. The molecule has 0 aromatic heterocycles. The average molecular weight is 1250 g/mol. The van der Waals surface area contributed by atoms with Crippen molar-refractivity contribution in [1.29, 1.82) is 0 Å². The van der Waals surface area contributed by atoms with Crippen molar-refractivity contribution in [3.8, 4) is 33.8 Å². The number of fused-ring (bicyclic) bond motifs is 2. The average Bonchev–Trinajstić information content (AvgIpc) is 1.38. The summed E-state index contributed by atoms with van der Waals surface area (Å²) in [7, 11) is 3.25. The first kappa shape index (κ1) is 59.5. The minimum absolute atomic E-state index is 0.185. The van der Waals surface area contributed by atoms with E-state index in [1.807, 2.05) is 97.1 Å². The van der Waals surface area contributed by atoms with E-state index in [4.69, 9.17) is 79.1 Å². The molecule has 4 aliphatic rings. The summed E-state index contributed by atoms with van der Waals surface area (Å²) in [5, 5.41) is 15.5. The van der Waals surface area contributed by atoms with Crippen molar-refractivity contribution in [2.75, 3.05) is 24.0 Å². The van der Waals surface area contributed by atoms with E-state index in [0.29, 0.717) is 99.2 Å². The van der Waals surface area contributed by atoms with E-state index in [9.17, 15) is 19.6 Å². The SMILES string of the molecule is COc1ccc(CN2Cc3c(-c4ccccc4Cl)cc(C4CCC(=NO)CC4)cc3N(c3c(Cl)cccc3Cl)C2=O)cc1.COc1ccc(CN2Cc3c(-c4ccccc4Cl)cc(C4CCC(=O)CC4)cc3N(c3c(Cl)cccc3Cl)C2=O)cc1.